The monoisotopic (exact) mass is 218 g/mol. The maximum Gasteiger partial charge on any atom is 0.163 e. The molecule has 0 saturated carbocycles. The fourth-order valence-electron chi connectivity index (χ4n) is 1.35. The third-order valence-electron chi connectivity index (χ3n) is 2.08. The van der Waals surface area contributed by atoms with Crippen LogP contribution in [-0.4, -0.2) is 17.0 Å². The normalized spacial score (nSPS) is 10.1. The Morgan fingerprint density at radius 1 is 1.25 bits per heavy atom. The summed E-state index contributed by atoms with van der Waals surface area (Å²) in [5, 5.41) is 2.87. The number of nitrogens with one attached hydrogen (secondary N) is 1. The number of nitrogens with zero attached hydrogens (tertiary/aromatic N) is 2. The van der Waals surface area contributed by atoms with Crippen LogP contribution in [0.25, 0.3) is 11.4 Å². The van der Waals surface area contributed by atoms with E-state index in [1.165, 1.54) is 12.1 Å². The molecule has 2 aromatic rings. The van der Waals surface area contributed by atoms with Crippen LogP contribution in [0, 0.1) is 5.82 Å². The van der Waals surface area contributed by atoms with Gasteiger partial charge in [-0.2, -0.15) is 0 Å². The van der Waals surface area contributed by atoms with Gasteiger partial charge in [0.2, 0.25) is 0 Å². The van der Waals surface area contributed by atoms with E-state index in [1.807, 2.05) is 0 Å². The first-order chi connectivity index (χ1) is 7.69. The maximum atomic E-state index is 13.0. The predicted molar refractivity (Wildman–Crippen MR) is 61.4 cm³/mol. The Morgan fingerprint density at radius 2 is 2.06 bits per heavy atom. The van der Waals surface area contributed by atoms with Gasteiger partial charge in [-0.25, -0.2) is 14.4 Å². The first kappa shape index (κ1) is 10.4. The molecule has 16 heavy (non-hydrogen) atoms. The molecule has 2 rings (SSSR count). The number of nitrogens with two attached hydrogens (primary N) is 1. The number of anilines is 2. The summed E-state index contributed by atoms with van der Waals surface area (Å²) in [4.78, 5) is 8.25. The number of halogens is 1. The molecule has 1 heterocycles. The van der Waals surface area contributed by atoms with Crippen LogP contribution in [0.2, 0.25) is 0 Å². The van der Waals surface area contributed by atoms with E-state index >= 15 is 0 Å². The van der Waals surface area contributed by atoms with Crippen molar-refractivity contribution in [1.82, 2.24) is 9.97 Å². The zero-order valence-electron chi connectivity index (χ0n) is 8.74. The molecule has 0 spiro atoms. The molecule has 0 amide bonds. The minimum Gasteiger partial charge on any atom is -0.384 e. The van der Waals surface area contributed by atoms with E-state index < -0.39 is 0 Å². The third kappa shape index (κ3) is 2.08. The Morgan fingerprint density at radius 3 is 2.75 bits per heavy atom. The highest BCUT2D eigenvalue weighted by atomic mass is 19.1. The number of benzene rings is 1. The molecule has 82 valence electrons. The number of aromatic nitrogens is 2. The van der Waals surface area contributed by atoms with Crippen molar-refractivity contribution in [2.75, 3.05) is 18.1 Å². The van der Waals surface area contributed by atoms with Gasteiger partial charge in [-0.15, -0.1) is 0 Å². The average molecular weight is 218 g/mol. The van der Waals surface area contributed by atoms with Gasteiger partial charge < -0.3 is 11.1 Å². The number of hydrogen-bond donors (Lipinski definition) is 2. The van der Waals surface area contributed by atoms with E-state index in [9.17, 15) is 4.39 Å². The van der Waals surface area contributed by atoms with E-state index in [2.05, 4.69) is 15.3 Å². The summed E-state index contributed by atoms with van der Waals surface area (Å²) in [6.45, 7) is 0. The molecule has 0 fully saturated rings. The molecule has 0 atom stereocenters. The van der Waals surface area contributed by atoms with Gasteiger partial charge >= 0.3 is 0 Å². The summed E-state index contributed by atoms with van der Waals surface area (Å²) in [6.07, 6.45) is 0. The molecule has 5 heteroatoms. The molecule has 0 aliphatic carbocycles. The van der Waals surface area contributed by atoms with Crippen LogP contribution in [0.5, 0.6) is 0 Å². The molecule has 0 unspecified atom stereocenters. The van der Waals surface area contributed by atoms with Gasteiger partial charge in [0.15, 0.2) is 5.82 Å². The maximum absolute atomic E-state index is 13.0. The number of rotatable bonds is 2. The second-order valence-corrected chi connectivity index (χ2v) is 3.26. The van der Waals surface area contributed by atoms with Crippen LogP contribution in [-0.2, 0) is 0 Å². The van der Waals surface area contributed by atoms with E-state index in [4.69, 9.17) is 5.73 Å². The van der Waals surface area contributed by atoms with Gasteiger partial charge in [0.1, 0.15) is 17.5 Å². The lowest BCUT2D eigenvalue weighted by Crippen LogP contribution is -2.00. The highest BCUT2D eigenvalue weighted by Gasteiger charge is 2.05. The second-order valence-electron chi connectivity index (χ2n) is 3.26. The lowest BCUT2D eigenvalue weighted by Gasteiger charge is -2.05. The van der Waals surface area contributed by atoms with Gasteiger partial charge in [0.25, 0.3) is 0 Å². The van der Waals surface area contributed by atoms with E-state index in [0.717, 1.165) is 0 Å². The molecule has 0 aliphatic heterocycles. The fraction of sp³-hybridized carbons (Fsp3) is 0.0909. The second kappa shape index (κ2) is 4.14. The minimum atomic E-state index is -0.325. The van der Waals surface area contributed by atoms with Gasteiger partial charge in [-0.3, -0.25) is 0 Å². The van der Waals surface area contributed by atoms with Crippen molar-refractivity contribution in [1.29, 1.82) is 0 Å². The lowest BCUT2D eigenvalue weighted by atomic mass is 10.2. The molecule has 3 N–H and O–H groups in total. The zero-order chi connectivity index (χ0) is 11.5. The van der Waals surface area contributed by atoms with Crippen LogP contribution < -0.4 is 11.1 Å². The third-order valence-corrected chi connectivity index (χ3v) is 2.08. The molecule has 0 aliphatic rings. The van der Waals surface area contributed by atoms with Gasteiger partial charge in [-0.05, 0) is 12.1 Å². The lowest BCUT2D eigenvalue weighted by molar-refractivity contribution is 0.628. The Kier molecular flexibility index (Phi) is 2.68. The van der Waals surface area contributed by atoms with Crippen LogP contribution in [0.1, 0.15) is 0 Å². The minimum absolute atomic E-state index is 0.325. The van der Waals surface area contributed by atoms with Crippen LogP contribution in [0.3, 0.4) is 0 Å². The molecular weight excluding hydrogens is 207 g/mol. The molecule has 0 saturated heterocycles. The first-order valence-electron chi connectivity index (χ1n) is 4.77. The zero-order valence-corrected chi connectivity index (χ0v) is 8.74. The standard InChI is InChI=1S/C11H11FN4/c1-14-10-6-9(13)15-11(16-10)7-3-2-4-8(12)5-7/h2-6H,1H3,(H3,13,14,15,16). The van der Waals surface area contributed by atoms with Gasteiger partial charge in [0, 0.05) is 18.7 Å². The van der Waals surface area contributed by atoms with Crippen molar-refractivity contribution < 1.29 is 4.39 Å². The summed E-state index contributed by atoms with van der Waals surface area (Å²) >= 11 is 0. The van der Waals surface area contributed by atoms with Crippen molar-refractivity contribution in [2.45, 2.75) is 0 Å². The molecule has 0 radical (unpaired) electrons. The Balaban J connectivity index is 2.51. The first-order valence-corrected chi connectivity index (χ1v) is 4.77. The highest BCUT2D eigenvalue weighted by Crippen LogP contribution is 2.19. The van der Waals surface area contributed by atoms with E-state index in [1.54, 1.807) is 25.2 Å². The Bertz CT molecular complexity index is 513. The molecule has 0 bridgehead atoms. The summed E-state index contributed by atoms with van der Waals surface area (Å²) in [6, 6.07) is 7.69. The average Bonchev–Trinajstić information content (AvgIpc) is 2.28. The largest absolute Gasteiger partial charge is 0.384 e. The molecule has 1 aromatic heterocycles. The van der Waals surface area contributed by atoms with E-state index in [-0.39, 0.29) is 5.82 Å². The van der Waals surface area contributed by atoms with Crippen molar-refractivity contribution in [2.24, 2.45) is 0 Å². The number of nitrogen functional groups attached to an aromatic ring is 1. The van der Waals surface area contributed by atoms with Crippen LogP contribution >= 0.6 is 0 Å². The fourth-order valence-corrected chi connectivity index (χ4v) is 1.35. The van der Waals surface area contributed by atoms with Crippen molar-refractivity contribution in [3.8, 4) is 11.4 Å². The topological polar surface area (TPSA) is 63.8 Å². The van der Waals surface area contributed by atoms with Crippen molar-refractivity contribution in [3.63, 3.8) is 0 Å². The van der Waals surface area contributed by atoms with Crippen molar-refractivity contribution in [3.05, 3.63) is 36.1 Å². The summed E-state index contributed by atoms with van der Waals surface area (Å²) in [5.74, 6) is 1.03. The molecule has 1 aromatic carbocycles. The van der Waals surface area contributed by atoms with Gasteiger partial charge in [0.05, 0.1) is 0 Å². The summed E-state index contributed by atoms with van der Waals surface area (Å²) in [5.41, 5.74) is 6.23. The van der Waals surface area contributed by atoms with Crippen LogP contribution in [0.4, 0.5) is 16.0 Å². The number of hydrogen-bond acceptors (Lipinski definition) is 4. The van der Waals surface area contributed by atoms with Crippen molar-refractivity contribution >= 4 is 11.6 Å². The highest BCUT2D eigenvalue weighted by molar-refractivity contribution is 5.60. The summed E-state index contributed by atoms with van der Waals surface area (Å²) < 4.78 is 13.0. The van der Waals surface area contributed by atoms with Gasteiger partial charge in [-0.1, -0.05) is 12.1 Å². The molecular formula is C11H11FN4. The SMILES string of the molecule is CNc1cc(N)nc(-c2cccc(F)c2)n1. The van der Waals surface area contributed by atoms with Crippen LogP contribution in [0.15, 0.2) is 30.3 Å². The Hall–Kier alpha value is -2.17. The quantitative estimate of drug-likeness (QED) is 0.808. The predicted octanol–water partition coefficient (Wildman–Crippen LogP) is 1.91. The molecule has 4 nitrogen and oxygen atoms in total. The summed E-state index contributed by atoms with van der Waals surface area (Å²) in [7, 11) is 1.73. The Labute approximate surface area is 92.3 Å². The smallest absolute Gasteiger partial charge is 0.163 e. The van der Waals surface area contributed by atoms with E-state index in [0.29, 0.717) is 23.0 Å².